The van der Waals surface area contributed by atoms with Crippen LogP contribution in [-0.2, 0) is 16.0 Å². The summed E-state index contributed by atoms with van der Waals surface area (Å²) in [5.41, 5.74) is 0.656. The summed E-state index contributed by atoms with van der Waals surface area (Å²) >= 11 is 0. The van der Waals surface area contributed by atoms with Crippen LogP contribution in [0.25, 0.3) is 32.9 Å². The number of ether oxygens (including phenoxy) is 1. The average Bonchev–Trinajstić information content (AvgIpc) is 3.94. The molecule has 2 aromatic heterocycles. The molecule has 1 aliphatic carbocycles. The molecule has 0 radical (unpaired) electrons. The van der Waals surface area contributed by atoms with E-state index in [4.69, 9.17) is 9.72 Å². The van der Waals surface area contributed by atoms with Crippen LogP contribution in [0.1, 0.15) is 77.2 Å². The van der Waals surface area contributed by atoms with Gasteiger partial charge in [0.05, 0.1) is 23.3 Å². The van der Waals surface area contributed by atoms with Crippen molar-refractivity contribution in [3.8, 4) is 23.0 Å². The van der Waals surface area contributed by atoms with Crippen LogP contribution in [0, 0.1) is 28.3 Å². The predicted molar refractivity (Wildman–Crippen MR) is 242 cm³/mol. The largest absolute Gasteiger partial charge is 0.508 e. The van der Waals surface area contributed by atoms with Crippen molar-refractivity contribution in [1.82, 2.24) is 25.2 Å². The monoisotopic (exact) mass is 892 g/mol. The van der Waals surface area contributed by atoms with Gasteiger partial charge >= 0.3 is 6.01 Å². The van der Waals surface area contributed by atoms with Crippen LogP contribution in [-0.4, -0.2) is 106 Å². The number of carbonyl (C=O) groups excluding carboxylic acids is 2. The molecule has 13 nitrogen and oxygen atoms in total. The van der Waals surface area contributed by atoms with Gasteiger partial charge in [-0.2, -0.15) is 9.97 Å². The first-order valence-electron chi connectivity index (χ1n) is 23.0. The number of pyridine rings is 1. The molecule has 2 atom stereocenters. The number of hydrogen-bond donors (Lipinski definition) is 4. The number of phenols is 1. The first-order valence-corrected chi connectivity index (χ1v) is 23.0. The van der Waals surface area contributed by atoms with Crippen LogP contribution in [0.5, 0.6) is 11.8 Å². The number of anilines is 3. The third-order valence-electron chi connectivity index (χ3n) is 14.6. The number of benzene rings is 3. The van der Waals surface area contributed by atoms with Crippen molar-refractivity contribution in [2.24, 2.45) is 10.8 Å². The normalized spacial score (nSPS) is 23.1. The maximum Gasteiger partial charge on any atom is 0.319 e. The van der Waals surface area contributed by atoms with Crippen LogP contribution in [0.2, 0.25) is 0 Å². The van der Waals surface area contributed by atoms with Gasteiger partial charge in [0.15, 0.2) is 5.82 Å². The fourth-order valence-corrected chi connectivity index (χ4v) is 10.8. The van der Waals surface area contributed by atoms with E-state index in [1.165, 1.54) is 30.5 Å². The summed E-state index contributed by atoms with van der Waals surface area (Å²) in [6.07, 6.45) is 8.67. The molecule has 6 heterocycles. The van der Waals surface area contributed by atoms with Crippen LogP contribution in [0.3, 0.4) is 0 Å². The minimum Gasteiger partial charge on any atom is -0.508 e. The van der Waals surface area contributed by atoms with Crippen molar-refractivity contribution in [3.05, 3.63) is 71.7 Å². The van der Waals surface area contributed by atoms with E-state index in [0.29, 0.717) is 77.7 Å². The van der Waals surface area contributed by atoms with Gasteiger partial charge in [-0.15, -0.1) is 0 Å². The van der Waals surface area contributed by atoms with Crippen molar-refractivity contribution in [3.63, 3.8) is 0 Å². The number of aryl methyl sites for hydroxylation is 1. The van der Waals surface area contributed by atoms with Crippen molar-refractivity contribution in [2.75, 3.05) is 67.5 Å². The maximum absolute atomic E-state index is 17.1. The van der Waals surface area contributed by atoms with E-state index in [2.05, 4.69) is 30.4 Å². The Kier molecular flexibility index (Phi) is 11.0. The molecular formula is C49H55F3N8O5. The summed E-state index contributed by atoms with van der Waals surface area (Å²) in [5, 5.41) is 28.6. The smallest absolute Gasteiger partial charge is 0.319 e. The Bertz CT molecular complexity index is 2700. The number of likely N-dealkylation sites (tertiary alicyclic amines) is 1. The van der Waals surface area contributed by atoms with Gasteiger partial charge in [0.25, 0.3) is 0 Å². The third-order valence-corrected chi connectivity index (χ3v) is 14.6. The molecule has 16 heteroatoms. The summed E-state index contributed by atoms with van der Waals surface area (Å²) < 4.78 is 54.2. The molecule has 4 N–H and O–H groups in total. The molecule has 5 aliphatic rings. The van der Waals surface area contributed by atoms with Gasteiger partial charge in [-0.3, -0.25) is 19.9 Å². The number of halogens is 3. The second-order valence-corrected chi connectivity index (χ2v) is 19.6. The van der Waals surface area contributed by atoms with Crippen LogP contribution < -0.4 is 25.2 Å². The molecule has 1 spiro atoms. The minimum absolute atomic E-state index is 0.0106. The number of hydrogen-bond acceptors (Lipinski definition) is 12. The molecule has 342 valence electrons. The molecule has 65 heavy (non-hydrogen) atoms. The van der Waals surface area contributed by atoms with E-state index in [0.717, 1.165) is 64.8 Å². The number of piperidine rings is 3. The lowest BCUT2D eigenvalue weighted by atomic mass is 9.77. The van der Waals surface area contributed by atoms with E-state index in [1.807, 2.05) is 11.8 Å². The van der Waals surface area contributed by atoms with E-state index >= 15 is 13.2 Å². The zero-order valence-electron chi connectivity index (χ0n) is 36.9. The van der Waals surface area contributed by atoms with E-state index < -0.39 is 29.2 Å². The van der Waals surface area contributed by atoms with Gasteiger partial charge in [0.1, 0.15) is 40.5 Å². The number of amides is 2. The Morgan fingerprint density at radius 1 is 0.923 bits per heavy atom. The van der Waals surface area contributed by atoms with Crippen LogP contribution in [0.4, 0.5) is 30.4 Å². The van der Waals surface area contributed by atoms with E-state index in [-0.39, 0.29) is 64.1 Å². The number of β-amino-alcohol motifs (C(OH)–C–C–N with tert-alkyl or cyclic N) is 1. The fourth-order valence-electron chi connectivity index (χ4n) is 10.8. The molecule has 1 saturated carbocycles. The third kappa shape index (κ3) is 8.50. The fraction of sp³-hybridized carbons (Fsp3) is 0.490. The number of phenolic OH excluding ortho intramolecular Hbond substituents is 1. The summed E-state index contributed by atoms with van der Waals surface area (Å²) in [6, 6.07) is 10.3. The van der Waals surface area contributed by atoms with Crippen LogP contribution in [0.15, 0.2) is 48.7 Å². The van der Waals surface area contributed by atoms with Gasteiger partial charge in [-0.05, 0) is 129 Å². The second-order valence-electron chi connectivity index (χ2n) is 19.6. The van der Waals surface area contributed by atoms with Gasteiger partial charge < -0.3 is 35.0 Å². The summed E-state index contributed by atoms with van der Waals surface area (Å²) in [6.45, 7) is 9.03. The lowest BCUT2D eigenvalue weighted by Gasteiger charge is -2.40. The lowest BCUT2D eigenvalue weighted by Crippen LogP contribution is -2.47. The molecular weight excluding hydrogens is 838 g/mol. The molecule has 4 saturated heterocycles. The highest BCUT2D eigenvalue weighted by Crippen LogP contribution is 2.50. The Balaban J connectivity index is 0.841. The second kappa shape index (κ2) is 16.6. The molecule has 1 unspecified atom stereocenters. The highest BCUT2D eigenvalue weighted by molar-refractivity contribution is 6.02. The maximum atomic E-state index is 17.1. The van der Waals surface area contributed by atoms with Gasteiger partial charge in [-0.25, -0.2) is 13.2 Å². The Morgan fingerprint density at radius 3 is 2.46 bits per heavy atom. The SMILES string of the molecule is CCc1c(F)ccc2cc(O)cc(-c3ncc4c(N5CCC[C@@](C)(O)C5)nc(OCC5(CN6CCC7(CCN(c8ccc(NC9CCC(=O)NC9=O)cc8F)CC7)C6)CC5)nc4c3F)c12. The van der Waals surface area contributed by atoms with Gasteiger partial charge in [0.2, 0.25) is 11.8 Å². The molecule has 10 rings (SSSR count). The van der Waals surface area contributed by atoms with Gasteiger partial charge in [0, 0.05) is 68.6 Å². The summed E-state index contributed by atoms with van der Waals surface area (Å²) in [5.74, 6) is -1.89. The molecule has 3 aromatic carbocycles. The lowest BCUT2D eigenvalue weighted by molar-refractivity contribution is -0.133. The van der Waals surface area contributed by atoms with Crippen molar-refractivity contribution in [1.29, 1.82) is 0 Å². The molecule has 4 aliphatic heterocycles. The highest BCUT2D eigenvalue weighted by Gasteiger charge is 2.49. The summed E-state index contributed by atoms with van der Waals surface area (Å²) in [4.78, 5) is 44.4. The Labute approximate surface area is 375 Å². The molecule has 2 amide bonds. The predicted octanol–water partition coefficient (Wildman–Crippen LogP) is 7.25. The standard InChI is InChI=1S/C49H55F3N8O5/c1-3-32-35(50)7-5-29-21-31(61)23-33(40(29)32)42-41(52)43-34(24-53-42)44(60-17-4-11-47(2,64)25-60)57-46(56-43)65-28-49(12-13-49)27-58-18-14-48(26-58)15-19-59(20-16-48)38-9-6-30(22-36(38)51)54-37-8-10-39(62)55-45(37)63/h5-7,9,21-24,37,54,61,64H,3-4,8,10-20,25-28H2,1-2H3,(H,55,62,63)/t37?,47-/m1/s1. The Hall–Kier alpha value is -5.74. The van der Waals surface area contributed by atoms with Crippen molar-refractivity contribution >= 4 is 50.7 Å². The number of aromatic nitrogens is 3. The topological polar surface area (TPSA) is 156 Å². The molecule has 5 fully saturated rings. The van der Waals surface area contributed by atoms with Crippen molar-refractivity contribution in [2.45, 2.75) is 89.7 Å². The number of nitrogens with zero attached hydrogens (tertiary/aromatic N) is 6. The Morgan fingerprint density at radius 2 is 1.72 bits per heavy atom. The minimum atomic E-state index is -0.980. The first kappa shape index (κ1) is 43.2. The van der Waals surface area contributed by atoms with E-state index in [9.17, 15) is 19.8 Å². The van der Waals surface area contributed by atoms with Crippen LogP contribution >= 0.6 is 0 Å². The number of aromatic hydroxyl groups is 1. The number of rotatable bonds is 11. The summed E-state index contributed by atoms with van der Waals surface area (Å²) in [7, 11) is 0. The van der Waals surface area contributed by atoms with Gasteiger partial charge in [-0.1, -0.05) is 13.0 Å². The number of aliphatic hydroxyl groups is 1. The zero-order chi connectivity index (χ0) is 45.3. The number of carbonyl (C=O) groups is 2. The average molecular weight is 893 g/mol. The van der Waals surface area contributed by atoms with Crippen molar-refractivity contribution < 1.29 is 37.7 Å². The quantitative estimate of drug-likeness (QED) is 0.0988. The number of imide groups is 1. The number of fused-ring (bicyclic) bond motifs is 2. The number of nitrogens with one attached hydrogen (secondary N) is 2. The zero-order valence-corrected chi connectivity index (χ0v) is 36.9. The molecule has 5 aromatic rings. The molecule has 0 bridgehead atoms. The first-order chi connectivity index (χ1) is 31.2. The highest BCUT2D eigenvalue weighted by atomic mass is 19.1. The van der Waals surface area contributed by atoms with E-state index in [1.54, 1.807) is 25.1 Å².